The summed E-state index contributed by atoms with van der Waals surface area (Å²) in [4.78, 5) is 7.40. The fraction of sp³-hybridized carbons (Fsp3) is 0.438. The monoisotopic (exact) mass is 305 g/mol. The van der Waals surface area contributed by atoms with Gasteiger partial charge >= 0.3 is 0 Å². The molecule has 0 saturated heterocycles. The van der Waals surface area contributed by atoms with E-state index in [2.05, 4.69) is 34.3 Å². The quantitative estimate of drug-likeness (QED) is 0.694. The van der Waals surface area contributed by atoms with Crippen LogP contribution in [0.1, 0.15) is 31.9 Å². The van der Waals surface area contributed by atoms with Crippen LogP contribution in [0.4, 0.5) is 0 Å². The first-order valence-electron chi connectivity index (χ1n) is 7.42. The Bertz CT molecular complexity index is 516. The molecular formula is C16H23N3OS. The lowest BCUT2D eigenvalue weighted by molar-refractivity contribution is 0.332. The summed E-state index contributed by atoms with van der Waals surface area (Å²) in [6.07, 6.45) is 4.74. The van der Waals surface area contributed by atoms with E-state index in [0.717, 1.165) is 29.6 Å². The van der Waals surface area contributed by atoms with Gasteiger partial charge in [0.15, 0.2) is 5.16 Å². The first kappa shape index (κ1) is 15.9. The molecule has 0 aliphatic heterocycles. The molecule has 4 nitrogen and oxygen atoms in total. The van der Waals surface area contributed by atoms with Gasteiger partial charge in [-0.05, 0) is 26.0 Å². The lowest BCUT2D eigenvalue weighted by Crippen LogP contribution is -2.24. The average Bonchev–Trinajstić information content (AvgIpc) is 3.02. The fourth-order valence-electron chi connectivity index (χ4n) is 2.12. The highest BCUT2D eigenvalue weighted by atomic mass is 32.2. The molecule has 21 heavy (non-hydrogen) atoms. The van der Waals surface area contributed by atoms with Crippen LogP contribution in [0.2, 0.25) is 0 Å². The maximum atomic E-state index is 5.76. The van der Waals surface area contributed by atoms with Crippen LogP contribution in [0.15, 0.2) is 41.8 Å². The molecule has 0 aliphatic carbocycles. The molecule has 0 bridgehead atoms. The van der Waals surface area contributed by atoms with E-state index in [4.69, 9.17) is 4.74 Å². The van der Waals surface area contributed by atoms with Gasteiger partial charge in [-0.1, -0.05) is 36.9 Å². The summed E-state index contributed by atoms with van der Waals surface area (Å²) in [6, 6.07) is 8.52. The highest BCUT2D eigenvalue weighted by Gasteiger charge is 2.16. The number of imidazole rings is 1. The van der Waals surface area contributed by atoms with E-state index in [-0.39, 0.29) is 6.04 Å². The largest absolute Gasteiger partial charge is 0.494 e. The zero-order valence-electron chi connectivity index (χ0n) is 12.6. The molecule has 1 aromatic carbocycles. The van der Waals surface area contributed by atoms with E-state index in [1.165, 1.54) is 5.56 Å². The smallest absolute Gasteiger partial charge is 0.165 e. The molecule has 1 aromatic heterocycles. The Kier molecular flexibility index (Phi) is 6.63. The van der Waals surface area contributed by atoms with Gasteiger partial charge in [0.25, 0.3) is 0 Å². The van der Waals surface area contributed by atoms with Crippen molar-refractivity contribution in [3.8, 4) is 5.75 Å². The Hall–Kier alpha value is -1.46. The molecule has 2 rings (SSSR count). The second-order valence-electron chi connectivity index (χ2n) is 4.68. The molecule has 1 heterocycles. The predicted molar refractivity (Wildman–Crippen MR) is 88.0 cm³/mol. The Balaban J connectivity index is 2.10. The Morgan fingerprint density at radius 1 is 1.33 bits per heavy atom. The normalized spacial score (nSPS) is 12.3. The number of hydrogen-bond donors (Lipinski definition) is 2. The molecule has 5 heteroatoms. The number of aromatic nitrogens is 2. The van der Waals surface area contributed by atoms with Crippen molar-refractivity contribution >= 4 is 11.8 Å². The molecule has 1 unspecified atom stereocenters. The first-order chi connectivity index (χ1) is 10.3. The summed E-state index contributed by atoms with van der Waals surface area (Å²) in [5, 5.41) is 4.56. The minimum absolute atomic E-state index is 0.253. The van der Waals surface area contributed by atoms with Crippen molar-refractivity contribution in [2.24, 2.45) is 0 Å². The van der Waals surface area contributed by atoms with Crippen LogP contribution in [0.5, 0.6) is 5.75 Å². The molecule has 2 aromatic rings. The van der Waals surface area contributed by atoms with Gasteiger partial charge in [-0.15, -0.1) is 0 Å². The number of benzene rings is 1. The maximum absolute atomic E-state index is 5.76. The molecule has 0 spiro atoms. The zero-order valence-corrected chi connectivity index (χ0v) is 13.5. The van der Waals surface area contributed by atoms with Crippen molar-refractivity contribution in [1.82, 2.24) is 15.3 Å². The summed E-state index contributed by atoms with van der Waals surface area (Å²) in [6.45, 7) is 5.87. The predicted octanol–water partition coefficient (Wildman–Crippen LogP) is 3.64. The first-order valence-corrected chi connectivity index (χ1v) is 8.41. The average molecular weight is 305 g/mol. The third-order valence-electron chi connectivity index (χ3n) is 3.09. The molecular weight excluding hydrogens is 282 g/mol. The lowest BCUT2D eigenvalue weighted by atomic mass is 10.1. The SMILES string of the molecule is CCCNC(CSc1ncc[nH]1)c1ccccc1OCC. The summed E-state index contributed by atoms with van der Waals surface area (Å²) < 4.78 is 5.76. The summed E-state index contributed by atoms with van der Waals surface area (Å²) in [5.74, 6) is 1.88. The number of rotatable bonds is 9. The Morgan fingerprint density at radius 2 is 2.19 bits per heavy atom. The van der Waals surface area contributed by atoms with Crippen LogP contribution in [0, 0.1) is 0 Å². The molecule has 1 atom stereocenters. The van der Waals surface area contributed by atoms with Crippen LogP contribution < -0.4 is 10.1 Å². The number of hydrogen-bond acceptors (Lipinski definition) is 4. The number of ether oxygens (including phenoxy) is 1. The second-order valence-corrected chi connectivity index (χ2v) is 5.69. The number of nitrogens with one attached hydrogen (secondary N) is 2. The highest BCUT2D eigenvalue weighted by Crippen LogP contribution is 2.29. The van der Waals surface area contributed by atoms with E-state index in [0.29, 0.717) is 6.61 Å². The van der Waals surface area contributed by atoms with Crippen LogP contribution in [0.3, 0.4) is 0 Å². The molecule has 0 saturated carbocycles. The summed E-state index contributed by atoms with van der Waals surface area (Å²) >= 11 is 1.72. The van der Waals surface area contributed by atoms with E-state index in [9.17, 15) is 0 Å². The Labute approximate surface area is 130 Å². The summed E-state index contributed by atoms with van der Waals surface area (Å²) in [7, 11) is 0. The number of para-hydroxylation sites is 1. The van der Waals surface area contributed by atoms with E-state index >= 15 is 0 Å². The van der Waals surface area contributed by atoms with Crippen molar-refractivity contribution in [3.05, 3.63) is 42.2 Å². The van der Waals surface area contributed by atoms with Crippen LogP contribution in [-0.4, -0.2) is 28.9 Å². The van der Waals surface area contributed by atoms with Crippen molar-refractivity contribution < 1.29 is 4.74 Å². The standard InChI is InChI=1S/C16H23N3OS/c1-3-9-17-14(12-21-16-18-10-11-19-16)13-7-5-6-8-15(13)20-4-2/h5-8,10-11,14,17H,3-4,9,12H2,1-2H3,(H,18,19). The van der Waals surface area contributed by atoms with Crippen LogP contribution in [0.25, 0.3) is 0 Å². The maximum Gasteiger partial charge on any atom is 0.165 e. The third-order valence-corrected chi connectivity index (χ3v) is 4.09. The second kappa shape index (κ2) is 8.74. The number of H-pyrrole nitrogens is 1. The van der Waals surface area contributed by atoms with Gasteiger partial charge in [0.05, 0.1) is 6.61 Å². The third kappa shape index (κ3) is 4.79. The van der Waals surface area contributed by atoms with Gasteiger partial charge in [0.1, 0.15) is 5.75 Å². The molecule has 114 valence electrons. The topological polar surface area (TPSA) is 49.9 Å². The van der Waals surface area contributed by atoms with Crippen molar-refractivity contribution in [1.29, 1.82) is 0 Å². The molecule has 0 radical (unpaired) electrons. The molecule has 0 aliphatic rings. The van der Waals surface area contributed by atoms with Crippen molar-refractivity contribution in [2.75, 3.05) is 18.9 Å². The van der Waals surface area contributed by atoms with Gasteiger partial charge in [-0.25, -0.2) is 4.98 Å². The van der Waals surface area contributed by atoms with Crippen molar-refractivity contribution in [3.63, 3.8) is 0 Å². The van der Waals surface area contributed by atoms with Gasteiger partial charge in [0.2, 0.25) is 0 Å². The van der Waals surface area contributed by atoms with Crippen LogP contribution >= 0.6 is 11.8 Å². The van der Waals surface area contributed by atoms with E-state index in [1.807, 2.05) is 25.3 Å². The van der Waals surface area contributed by atoms with Gasteiger partial charge in [0, 0.05) is 29.8 Å². The Morgan fingerprint density at radius 3 is 2.90 bits per heavy atom. The number of nitrogens with zero attached hydrogens (tertiary/aromatic N) is 1. The number of aromatic amines is 1. The zero-order chi connectivity index (χ0) is 14.9. The molecule has 0 amide bonds. The summed E-state index contributed by atoms with van der Waals surface area (Å²) in [5.41, 5.74) is 1.21. The van der Waals surface area contributed by atoms with Gasteiger partial charge in [-0.2, -0.15) is 0 Å². The minimum Gasteiger partial charge on any atom is -0.494 e. The van der Waals surface area contributed by atoms with Crippen molar-refractivity contribution in [2.45, 2.75) is 31.5 Å². The number of thioether (sulfide) groups is 1. The lowest BCUT2D eigenvalue weighted by Gasteiger charge is -2.21. The van der Waals surface area contributed by atoms with Gasteiger partial charge < -0.3 is 15.0 Å². The van der Waals surface area contributed by atoms with Gasteiger partial charge in [-0.3, -0.25) is 0 Å². The fourth-order valence-corrected chi connectivity index (χ4v) is 3.03. The minimum atomic E-state index is 0.253. The van der Waals surface area contributed by atoms with E-state index in [1.54, 1.807) is 18.0 Å². The highest BCUT2D eigenvalue weighted by molar-refractivity contribution is 7.99. The molecule has 2 N–H and O–H groups in total. The molecule has 0 fully saturated rings. The van der Waals surface area contributed by atoms with Crippen LogP contribution in [-0.2, 0) is 0 Å². The van der Waals surface area contributed by atoms with E-state index < -0.39 is 0 Å².